The minimum absolute atomic E-state index is 0. The first-order chi connectivity index (χ1) is 2.00. The molecule has 0 aliphatic rings. The van der Waals surface area contributed by atoms with Crippen LogP contribution >= 0.6 is 13.5 Å². The van der Waals surface area contributed by atoms with E-state index in [2.05, 4.69) is 0 Å². The van der Waals surface area contributed by atoms with Crippen molar-refractivity contribution in [2.45, 2.75) is 0 Å². The zero-order chi connectivity index (χ0) is 4.50. The Morgan fingerprint density at radius 1 is 1.29 bits per heavy atom. The van der Waals surface area contributed by atoms with Crippen LogP contribution in [0.4, 0.5) is 0 Å². The Labute approximate surface area is 73.5 Å². The summed E-state index contributed by atoms with van der Waals surface area (Å²) in [5.41, 5.74) is 0. The Morgan fingerprint density at radius 2 is 1.29 bits per heavy atom. The summed E-state index contributed by atoms with van der Waals surface area (Å²) in [5.74, 6) is 0. The molecule has 0 radical (unpaired) electrons. The van der Waals surface area contributed by atoms with Crippen LogP contribution in [0.1, 0.15) is 1.43 Å². The SMILES string of the molecule is S.[H-].[Na+].[O]=[Cr](=[O])([OH])[OH]. The molecule has 0 spiro atoms. The van der Waals surface area contributed by atoms with Crippen LogP contribution in [0, 0.1) is 0 Å². The van der Waals surface area contributed by atoms with Crippen LogP contribution in [0.15, 0.2) is 0 Å². The van der Waals surface area contributed by atoms with Crippen molar-refractivity contribution < 1.29 is 60.5 Å². The molecular formula is H5CrNaO4S. The van der Waals surface area contributed by atoms with Crippen LogP contribution in [0.5, 0.6) is 0 Å². The van der Waals surface area contributed by atoms with Gasteiger partial charge in [0.15, 0.2) is 0 Å². The van der Waals surface area contributed by atoms with Gasteiger partial charge in [0.1, 0.15) is 0 Å². The van der Waals surface area contributed by atoms with Crippen LogP contribution in [-0.2, 0) is 21.2 Å². The second-order valence-electron chi connectivity index (χ2n) is 0.448. The normalized spacial score (nSPS) is 8.29. The summed E-state index contributed by atoms with van der Waals surface area (Å²) in [6, 6.07) is 0. The van der Waals surface area contributed by atoms with Gasteiger partial charge in [0, 0.05) is 0 Å². The van der Waals surface area contributed by atoms with E-state index in [0.29, 0.717) is 0 Å². The summed E-state index contributed by atoms with van der Waals surface area (Å²) in [6.45, 7) is 0. The maximum absolute atomic E-state index is 8.82. The molecule has 7 heavy (non-hydrogen) atoms. The van der Waals surface area contributed by atoms with E-state index in [1.165, 1.54) is 0 Å². The van der Waals surface area contributed by atoms with Crippen molar-refractivity contribution >= 4 is 13.5 Å². The van der Waals surface area contributed by atoms with Crippen molar-refractivity contribution in [3.8, 4) is 0 Å². The van der Waals surface area contributed by atoms with Gasteiger partial charge in [-0.15, -0.1) is 0 Å². The molecule has 0 aromatic rings. The van der Waals surface area contributed by atoms with E-state index >= 15 is 0 Å². The molecule has 0 atom stereocenters. The van der Waals surface area contributed by atoms with Crippen molar-refractivity contribution in [2.24, 2.45) is 0 Å². The van der Waals surface area contributed by atoms with E-state index in [0.717, 1.165) is 0 Å². The fraction of sp³-hybridized carbons (Fsp3) is 0. The third-order valence-corrected chi connectivity index (χ3v) is 0. The maximum atomic E-state index is 8.82. The molecule has 0 aliphatic heterocycles. The average molecular weight is 176 g/mol. The van der Waals surface area contributed by atoms with E-state index in [4.69, 9.17) is 15.9 Å². The fourth-order valence-electron chi connectivity index (χ4n) is 0. The van der Waals surface area contributed by atoms with Gasteiger partial charge in [0.05, 0.1) is 0 Å². The van der Waals surface area contributed by atoms with Crippen molar-refractivity contribution in [3.63, 3.8) is 0 Å². The molecule has 0 rings (SSSR count). The van der Waals surface area contributed by atoms with Gasteiger partial charge < -0.3 is 1.43 Å². The van der Waals surface area contributed by atoms with Crippen LogP contribution in [0.2, 0.25) is 0 Å². The molecule has 0 aliphatic carbocycles. The van der Waals surface area contributed by atoms with Crippen LogP contribution in [-0.4, -0.2) is 8.32 Å². The summed E-state index contributed by atoms with van der Waals surface area (Å²) < 4.78 is 31.9. The van der Waals surface area contributed by atoms with Gasteiger partial charge in [-0.3, -0.25) is 0 Å². The molecule has 0 bridgehead atoms. The Balaban J connectivity index is -0.0000000267. The molecule has 42 valence electrons. The molecule has 0 aromatic carbocycles. The summed E-state index contributed by atoms with van der Waals surface area (Å²) in [5, 5.41) is 0. The van der Waals surface area contributed by atoms with Gasteiger partial charge in [-0.2, -0.15) is 13.5 Å². The van der Waals surface area contributed by atoms with E-state index < -0.39 is 13.6 Å². The second kappa shape index (κ2) is 5.54. The molecule has 0 saturated heterocycles. The Morgan fingerprint density at radius 3 is 1.29 bits per heavy atom. The molecule has 0 saturated carbocycles. The second-order valence-corrected chi connectivity index (χ2v) is 1.85. The van der Waals surface area contributed by atoms with Gasteiger partial charge in [0.2, 0.25) is 0 Å². The summed E-state index contributed by atoms with van der Waals surface area (Å²) in [4.78, 5) is 0. The van der Waals surface area contributed by atoms with Crippen LogP contribution in [0.3, 0.4) is 0 Å². The molecule has 4 nitrogen and oxygen atoms in total. The number of hydrogen-bond acceptors (Lipinski definition) is 2. The molecule has 0 amide bonds. The molecule has 0 heterocycles. The van der Waals surface area contributed by atoms with Crippen molar-refractivity contribution in [3.05, 3.63) is 0 Å². The van der Waals surface area contributed by atoms with Gasteiger partial charge in [-0.05, 0) is 0 Å². The van der Waals surface area contributed by atoms with Crippen molar-refractivity contribution in [1.82, 2.24) is 0 Å². The predicted molar refractivity (Wildman–Crippen MR) is 17.3 cm³/mol. The molecule has 2 N–H and O–H groups in total. The predicted octanol–water partition coefficient (Wildman–Crippen LogP) is -4.12. The first-order valence-corrected chi connectivity index (χ1v) is 2.88. The molecule has 0 aromatic heterocycles. The molecule has 7 heteroatoms. The zero-order valence-electron chi connectivity index (χ0n) is 4.62. The number of hydrogen-bond donors (Lipinski definition) is 2. The van der Waals surface area contributed by atoms with Gasteiger partial charge in [-0.1, -0.05) is 0 Å². The first kappa shape index (κ1) is 15.8. The Bertz CT molecular complexity index is 99.2. The average Bonchev–Trinajstić information content (AvgIpc) is 0.722. The summed E-state index contributed by atoms with van der Waals surface area (Å²) in [6.07, 6.45) is 0. The Kier molecular flexibility index (Phi) is 12.5. The van der Waals surface area contributed by atoms with Gasteiger partial charge >= 0.3 is 59.1 Å². The summed E-state index contributed by atoms with van der Waals surface area (Å²) in [7, 11) is 0. The topological polar surface area (TPSA) is 74.6 Å². The van der Waals surface area contributed by atoms with Crippen LogP contribution < -0.4 is 29.6 Å². The van der Waals surface area contributed by atoms with Crippen molar-refractivity contribution in [1.29, 1.82) is 0 Å². The zero-order valence-corrected chi connectivity index (χ0v) is 7.89. The third kappa shape index (κ3) is 110. The van der Waals surface area contributed by atoms with Gasteiger partial charge in [0.25, 0.3) is 0 Å². The Hall–Kier alpha value is 1.40. The summed E-state index contributed by atoms with van der Waals surface area (Å²) >= 11 is -5.25. The van der Waals surface area contributed by atoms with Crippen molar-refractivity contribution in [2.75, 3.05) is 0 Å². The minimum atomic E-state index is -5.25. The van der Waals surface area contributed by atoms with E-state index in [1.807, 2.05) is 0 Å². The third-order valence-electron chi connectivity index (χ3n) is 0. The molecule has 0 fully saturated rings. The fourth-order valence-corrected chi connectivity index (χ4v) is 0. The first-order valence-electron chi connectivity index (χ1n) is 0.698. The van der Waals surface area contributed by atoms with E-state index in [9.17, 15) is 0 Å². The monoisotopic (exact) mass is 176 g/mol. The quantitative estimate of drug-likeness (QED) is 0.368. The molecular weight excluding hydrogens is 171 g/mol. The van der Waals surface area contributed by atoms with Gasteiger partial charge in [-0.25, -0.2) is 0 Å². The standard InChI is InChI=1S/Cr.Na.2H2O.2O.H2S.H/h;;2*1H2;;;1H2;/q+2;+1;;;;;;-1/p-2. The van der Waals surface area contributed by atoms with E-state index in [1.54, 1.807) is 0 Å². The molecule has 0 unspecified atom stereocenters. The van der Waals surface area contributed by atoms with E-state index in [-0.39, 0.29) is 44.5 Å². The van der Waals surface area contributed by atoms with Crippen LogP contribution in [0.25, 0.3) is 0 Å². The number of rotatable bonds is 0.